The van der Waals surface area contributed by atoms with Crippen LogP contribution >= 0.6 is 31.2 Å². The Morgan fingerprint density at radius 1 is 0.250 bits per heavy atom. The predicted molar refractivity (Wildman–Crippen MR) is 275 cm³/mol. The van der Waals surface area contributed by atoms with E-state index in [2.05, 4.69) is 29.4 Å². The van der Waals surface area contributed by atoms with E-state index >= 15 is 0 Å². The number of nitrogens with two attached hydrogens (primary N) is 4. The van der Waals surface area contributed by atoms with Gasteiger partial charge in [0.2, 0.25) is 0 Å². The third-order valence-corrected chi connectivity index (χ3v) is 7.84. The predicted octanol–water partition coefficient (Wildman–Crippen LogP) is 14.9. The second-order valence-corrected chi connectivity index (χ2v) is 23.5. The van der Waals surface area contributed by atoms with Gasteiger partial charge in [0.1, 0.15) is 0 Å². The Morgan fingerprint density at radius 2 is 0.321 bits per heavy atom. The van der Waals surface area contributed by atoms with Crippen molar-refractivity contribution in [3.63, 3.8) is 0 Å². The maximum atomic E-state index is 9.87. The van der Waals surface area contributed by atoms with Crippen molar-refractivity contribution in [2.24, 2.45) is 22.9 Å². The number of hydrogen-bond donors (Lipinski definition) is 4. The Balaban J connectivity index is -0.0000000998. The number of halogens is 24. The monoisotopic (exact) mass is 1460 g/mol. The van der Waals surface area contributed by atoms with Gasteiger partial charge in [-0.15, -0.1) is 0 Å². The molecule has 2 radical (unpaired) electrons. The van der Waals surface area contributed by atoms with Gasteiger partial charge in [-0.3, -0.25) is 9.80 Å². The number of nitrogens with zero attached hydrogens (tertiary/aromatic N) is 12. The first-order chi connectivity index (χ1) is 36.0. The van der Waals surface area contributed by atoms with Crippen molar-refractivity contribution in [3.8, 4) is 36.4 Å². The maximum absolute atomic E-state index is 10.7. The topological polar surface area (TPSA) is 266 Å². The van der Waals surface area contributed by atoms with Crippen molar-refractivity contribution in [1.82, 2.24) is 29.4 Å². The molecule has 0 aromatic rings. The van der Waals surface area contributed by atoms with Gasteiger partial charge in [0.15, 0.2) is 0 Å². The second-order valence-electron chi connectivity index (χ2n) is 15.8. The van der Waals surface area contributed by atoms with E-state index in [1.807, 2.05) is 0 Å². The molecule has 8 N–H and O–H groups in total. The minimum absolute atomic E-state index is 0. The molecule has 0 aromatic carbocycles. The molecule has 2 heterocycles. The van der Waals surface area contributed by atoms with Crippen LogP contribution in [-0.4, -0.2) is 173 Å². The van der Waals surface area contributed by atoms with Crippen LogP contribution in [0.2, 0.25) is 0 Å². The summed E-state index contributed by atoms with van der Waals surface area (Å²) in [6.45, 7) is 32.1. The van der Waals surface area contributed by atoms with Gasteiger partial charge in [-0.1, -0.05) is 0 Å². The van der Waals surface area contributed by atoms with Crippen molar-refractivity contribution in [2.45, 2.75) is 67.2 Å². The fourth-order valence-electron chi connectivity index (χ4n) is 5.25. The van der Waals surface area contributed by atoms with Crippen LogP contribution in [0.3, 0.4) is 0 Å². The average molecular weight is 1470 g/mol. The zero-order chi connectivity index (χ0) is 67.7. The normalized spacial score (nSPS) is 17.7. The summed E-state index contributed by atoms with van der Waals surface area (Å²) >= 11 is 0. The average Bonchev–Trinajstić information content (AvgIpc) is 3.38. The Kier molecular flexibility index (Phi) is 55.9. The molecule has 2 rings (SSSR count). The zero-order valence-corrected chi connectivity index (χ0v) is 52.0. The molecule has 2 saturated heterocycles. The Morgan fingerprint density at radius 3 is 0.393 bits per heavy atom. The fraction of sp³-hybridized carbons (Fsp3) is 0.842. The van der Waals surface area contributed by atoms with Gasteiger partial charge >= 0.3 is 166 Å². The summed E-state index contributed by atoms with van der Waals surface area (Å²) in [6, 6.07) is 10.5. The van der Waals surface area contributed by atoms with Gasteiger partial charge in [-0.2, -0.15) is 31.6 Å². The van der Waals surface area contributed by atoms with Gasteiger partial charge in [-0.05, 0) is 78.0 Å². The SMILES string of the molecule is CC#N.CC#N.CC#N.CC#N.CC#N.CC#N.F[P-](F)(F)(F)(F)F.F[P-](F)(F)(F)(F)F.F[P-](F)(F)(F)(F)F.F[P-](F)(F)(F)(F)F.NCCCN1CCN(CCCN)CCN(CCN2CCN(CCCN)CCN(CCCN)CC2)CC1.[Cu+2].[Cu+2]. The van der Waals surface area contributed by atoms with E-state index < -0.39 is 31.2 Å². The molecule has 2 fully saturated rings. The van der Waals surface area contributed by atoms with E-state index in [4.69, 9.17) is 54.5 Å². The molecule has 2 aliphatic heterocycles. The van der Waals surface area contributed by atoms with Crippen LogP contribution in [0.4, 0.5) is 101 Å². The molecular weight excluding hydrogens is 1390 g/mol. The van der Waals surface area contributed by atoms with E-state index in [9.17, 15) is 101 Å². The summed E-state index contributed by atoms with van der Waals surface area (Å²) in [7, 11) is -42.6. The van der Waals surface area contributed by atoms with Gasteiger partial charge < -0.3 is 42.5 Å². The molecule has 0 unspecified atom stereocenters. The summed E-state index contributed by atoms with van der Waals surface area (Å²) in [5.74, 6) is 0. The van der Waals surface area contributed by atoms with Crippen LogP contribution in [0.25, 0.3) is 0 Å². The van der Waals surface area contributed by atoms with Crippen LogP contribution < -0.4 is 22.9 Å². The molecule has 0 bridgehead atoms. The Labute approximate surface area is 496 Å². The molecule has 0 amide bonds. The molecular formula is C38H78Cu2F24N16P4. The molecule has 16 nitrogen and oxygen atoms in total. The molecule has 0 aromatic heterocycles. The maximum Gasteiger partial charge on any atom is 2.00 e. The molecule has 84 heavy (non-hydrogen) atoms. The van der Waals surface area contributed by atoms with Crippen LogP contribution in [0.15, 0.2) is 0 Å². The summed E-state index contributed by atoms with van der Waals surface area (Å²) in [6.07, 6.45) is 4.32. The van der Waals surface area contributed by atoms with E-state index in [1.165, 1.54) is 41.5 Å². The number of nitriles is 6. The van der Waals surface area contributed by atoms with Gasteiger partial charge in [0.05, 0.1) is 36.4 Å². The fourth-order valence-corrected chi connectivity index (χ4v) is 5.25. The Hall–Kier alpha value is -2.38. The third kappa shape index (κ3) is 208. The second kappa shape index (κ2) is 44.1. The van der Waals surface area contributed by atoms with Crippen LogP contribution in [0.1, 0.15) is 67.2 Å². The number of rotatable bonds is 15. The number of hydrogen-bond acceptors (Lipinski definition) is 16. The molecule has 0 aliphatic carbocycles. The minimum atomic E-state index is -10.7. The smallest absolute Gasteiger partial charge is 0.330 e. The van der Waals surface area contributed by atoms with Crippen molar-refractivity contribution in [2.75, 3.05) is 144 Å². The van der Waals surface area contributed by atoms with Crippen molar-refractivity contribution in [1.29, 1.82) is 31.6 Å². The molecule has 520 valence electrons. The minimum Gasteiger partial charge on any atom is -0.330 e. The van der Waals surface area contributed by atoms with Crippen molar-refractivity contribution in [3.05, 3.63) is 0 Å². The van der Waals surface area contributed by atoms with Crippen LogP contribution in [0.5, 0.6) is 0 Å². The van der Waals surface area contributed by atoms with Crippen LogP contribution in [-0.2, 0) is 34.1 Å². The standard InChI is InChI=1S/C26H60N10.6C2H3N.2Cu.4F6P/c27-5-1-9-31-13-14-32(10-2-6-28)18-22-35(21-17-31)25-26-36-23-19-33(11-3-7-29)15-16-34(20-24-36)12-4-8-30;6*1-2-3;;;4*1-7(2,3,4,5)6/h1-30H2;6*1H3;;;;;;/q;;;;;;;2*+2;4*-1. The summed E-state index contributed by atoms with van der Waals surface area (Å²) < 4.78 is 237. The van der Waals surface area contributed by atoms with Gasteiger partial charge in [0.25, 0.3) is 0 Å². The third-order valence-electron chi connectivity index (χ3n) is 7.84. The largest absolute Gasteiger partial charge is 2.00 e. The van der Waals surface area contributed by atoms with E-state index in [0.29, 0.717) is 0 Å². The first kappa shape index (κ1) is 106. The first-order valence-electron chi connectivity index (χ1n) is 23.2. The summed E-state index contributed by atoms with van der Waals surface area (Å²) in [5.41, 5.74) is 23.3. The van der Waals surface area contributed by atoms with Crippen molar-refractivity contribution < 1.29 is 135 Å². The molecule has 0 atom stereocenters. The van der Waals surface area contributed by atoms with Crippen LogP contribution in [0, 0.1) is 68.0 Å². The van der Waals surface area contributed by atoms with Crippen molar-refractivity contribution >= 4 is 31.2 Å². The molecule has 46 heteroatoms. The zero-order valence-electron chi connectivity index (χ0n) is 46.5. The molecule has 2 aliphatic rings. The Bertz CT molecular complexity index is 1560. The van der Waals surface area contributed by atoms with E-state index in [1.54, 1.807) is 36.4 Å². The first-order valence-corrected chi connectivity index (χ1v) is 31.3. The molecule has 0 spiro atoms. The van der Waals surface area contributed by atoms with E-state index in [0.717, 1.165) is 170 Å². The van der Waals surface area contributed by atoms with Gasteiger partial charge in [-0.25, -0.2) is 0 Å². The summed E-state index contributed by atoms with van der Waals surface area (Å²) in [5, 5.41) is 43.9. The summed E-state index contributed by atoms with van der Waals surface area (Å²) in [4.78, 5) is 15.9. The van der Waals surface area contributed by atoms with Gasteiger partial charge in [0, 0.05) is 133 Å². The quantitative estimate of drug-likeness (QED) is 0.0674. The van der Waals surface area contributed by atoms with E-state index in [-0.39, 0.29) is 34.1 Å². The molecule has 0 saturated carbocycles.